The highest BCUT2D eigenvalue weighted by Gasteiger charge is 2.14. The number of aromatic nitrogens is 2. The monoisotopic (exact) mass is 235 g/mol. The van der Waals surface area contributed by atoms with Crippen molar-refractivity contribution in [1.29, 1.82) is 0 Å². The van der Waals surface area contributed by atoms with Crippen LogP contribution in [0.25, 0.3) is 11.3 Å². The fourth-order valence-corrected chi connectivity index (χ4v) is 1.68. The molecule has 0 atom stereocenters. The average Bonchev–Trinajstić information content (AvgIpc) is 2.59. The van der Waals surface area contributed by atoms with Gasteiger partial charge in [-0.05, 0) is 0 Å². The van der Waals surface area contributed by atoms with Gasteiger partial charge in [0.25, 0.3) is 0 Å². The minimum absolute atomic E-state index is 0.441. The first kappa shape index (κ1) is 10.7. The fraction of sp³-hybridized carbons (Fsp3) is 0.0909. The van der Waals surface area contributed by atoms with Crippen molar-refractivity contribution in [1.82, 2.24) is 9.78 Å². The highest BCUT2D eigenvalue weighted by Crippen LogP contribution is 2.26. The van der Waals surface area contributed by atoms with Crippen LogP contribution in [0.5, 0.6) is 0 Å². The Balaban J connectivity index is 2.61. The van der Waals surface area contributed by atoms with Gasteiger partial charge in [-0.2, -0.15) is 5.10 Å². The van der Waals surface area contributed by atoms with Gasteiger partial charge < -0.3 is 5.21 Å². The molecular weight excluding hydrogens is 226 g/mol. The largest absolute Gasteiger partial charge is 0.411 e. The van der Waals surface area contributed by atoms with Crippen molar-refractivity contribution in [3.05, 3.63) is 41.0 Å². The Bertz CT molecular complexity index is 520. The van der Waals surface area contributed by atoms with Crippen LogP contribution in [0, 0.1) is 0 Å². The Labute approximate surface area is 97.8 Å². The molecule has 0 amide bonds. The van der Waals surface area contributed by atoms with E-state index in [1.807, 2.05) is 30.3 Å². The number of hydrogen-bond donors (Lipinski definition) is 1. The predicted molar refractivity (Wildman–Crippen MR) is 63.0 cm³/mol. The second-order valence-electron chi connectivity index (χ2n) is 3.29. The third kappa shape index (κ3) is 1.79. The van der Waals surface area contributed by atoms with E-state index >= 15 is 0 Å². The molecule has 0 bridgehead atoms. The summed E-state index contributed by atoms with van der Waals surface area (Å²) in [6.07, 6.45) is 1.29. The number of halogens is 1. The van der Waals surface area contributed by atoms with Crippen molar-refractivity contribution < 1.29 is 5.21 Å². The molecule has 1 N–H and O–H groups in total. The van der Waals surface area contributed by atoms with Crippen LogP contribution < -0.4 is 0 Å². The number of benzene rings is 1. The maximum atomic E-state index is 8.60. The molecule has 2 aromatic rings. The summed E-state index contributed by atoms with van der Waals surface area (Å²) in [7, 11) is 1.74. The topological polar surface area (TPSA) is 50.4 Å². The van der Waals surface area contributed by atoms with Gasteiger partial charge in [-0.1, -0.05) is 47.1 Å². The van der Waals surface area contributed by atoms with E-state index in [2.05, 4.69) is 10.3 Å². The molecule has 0 spiro atoms. The van der Waals surface area contributed by atoms with Gasteiger partial charge in [-0.3, -0.25) is 4.68 Å². The summed E-state index contributed by atoms with van der Waals surface area (Å²) in [4.78, 5) is 0. The molecule has 82 valence electrons. The molecule has 1 aromatic heterocycles. The third-order valence-corrected chi connectivity index (χ3v) is 2.69. The predicted octanol–water partition coefficient (Wildman–Crippen LogP) is 2.55. The van der Waals surface area contributed by atoms with Gasteiger partial charge in [0.05, 0.1) is 11.8 Å². The molecule has 5 heteroatoms. The number of rotatable bonds is 2. The van der Waals surface area contributed by atoms with Gasteiger partial charge in [-0.25, -0.2) is 0 Å². The molecule has 0 unspecified atom stereocenters. The summed E-state index contributed by atoms with van der Waals surface area (Å²) in [6.45, 7) is 0. The van der Waals surface area contributed by atoms with Crippen LogP contribution in [0.4, 0.5) is 0 Å². The van der Waals surface area contributed by atoms with Crippen LogP contribution in [-0.2, 0) is 7.05 Å². The molecule has 0 radical (unpaired) electrons. The van der Waals surface area contributed by atoms with Gasteiger partial charge >= 0.3 is 0 Å². The zero-order valence-electron chi connectivity index (χ0n) is 8.63. The summed E-state index contributed by atoms with van der Waals surface area (Å²) in [5.41, 5.74) is 2.24. The Kier molecular flexibility index (Phi) is 2.92. The second-order valence-corrected chi connectivity index (χ2v) is 3.65. The Morgan fingerprint density at radius 1 is 1.38 bits per heavy atom. The molecule has 1 heterocycles. The van der Waals surface area contributed by atoms with E-state index in [1.54, 1.807) is 11.7 Å². The Hall–Kier alpha value is -1.81. The number of nitrogens with zero attached hydrogens (tertiary/aromatic N) is 3. The molecule has 4 nitrogen and oxygen atoms in total. The molecule has 16 heavy (non-hydrogen) atoms. The van der Waals surface area contributed by atoms with Gasteiger partial charge in [0.15, 0.2) is 0 Å². The van der Waals surface area contributed by atoms with Crippen molar-refractivity contribution in [3.8, 4) is 11.3 Å². The lowest BCUT2D eigenvalue weighted by Gasteiger charge is -1.96. The third-order valence-electron chi connectivity index (χ3n) is 2.25. The van der Waals surface area contributed by atoms with E-state index in [-0.39, 0.29) is 0 Å². The van der Waals surface area contributed by atoms with E-state index in [0.717, 1.165) is 5.56 Å². The summed E-state index contributed by atoms with van der Waals surface area (Å²) in [6, 6.07) is 9.60. The first-order valence-electron chi connectivity index (χ1n) is 4.69. The van der Waals surface area contributed by atoms with Crippen LogP contribution in [-0.4, -0.2) is 21.2 Å². The van der Waals surface area contributed by atoms with Gasteiger partial charge in [0.2, 0.25) is 0 Å². The standard InChI is InChI=1S/C11H10ClN3O/c1-15-11(12)9(7-13-16)10(14-15)8-5-3-2-4-6-8/h2-7,16H,1H3/b13-7+. The summed E-state index contributed by atoms with van der Waals surface area (Å²) in [5, 5.41) is 16.3. The molecule has 2 rings (SSSR count). The maximum Gasteiger partial charge on any atom is 0.136 e. The molecule has 0 saturated carbocycles. The van der Waals surface area contributed by atoms with Crippen molar-refractivity contribution in [2.45, 2.75) is 0 Å². The molecule has 0 fully saturated rings. The van der Waals surface area contributed by atoms with Gasteiger partial charge in [0, 0.05) is 12.6 Å². The maximum absolute atomic E-state index is 8.60. The molecule has 1 aromatic carbocycles. The number of oxime groups is 1. The minimum atomic E-state index is 0.441. The molecular formula is C11H10ClN3O. The Morgan fingerprint density at radius 3 is 2.69 bits per heavy atom. The highest BCUT2D eigenvalue weighted by atomic mass is 35.5. The van der Waals surface area contributed by atoms with E-state index in [9.17, 15) is 0 Å². The Morgan fingerprint density at radius 2 is 2.06 bits per heavy atom. The van der Waals surface area contributed by atoms with Crippen LogP contribution in [0.1, 0.15) is 5.56 Å². The normalized spacial score (nSPS) is 11.1. The highest BCUT2D eigenvalue weighted by molar-refractivity contribution is 6.32. The number of hydrogen-bond acceptors (Lipinski definition) is 3. The summed E-state index contributed by atoms with van der Waals surface area (Å²) >= 11 is 6.04. The quantitative estimate of drug-likeness (QED) is 0.494. The first-order chi connectivity index (χ1) is 7.74. The fourth-order valence-electron chi connectivity index (χ4n) is 1.50. The number of aryl methyl sites for hydroxylation is 1. The van der Waals surface area contributed by atoms with Crippen molar-refractivity contribution >= 4 is 17.8 Å². The van der Waals surface area contributed by atoms with E-state index in [4.69, 9.17) is 16.8 Å². The van der Waals surface area contributed by atoms with Crippen molar-refractivity contribution in [3.63, 3.8) is 0 Å². The molecule has 0 aliphatic heterocycles. The lowest BCUT2D eigenvalue weighted by atomic mass is 10.1. The van der Waals surface area contributed by atoms with E-state index in [0.29, 0.717) is 16.4 Å². The van der Waals surface area contributed by atoms with Gasteiger partial charge in [-0.15, -0.1) is 0 Å². The lowest BCUT2D eigenvalue weighted by molar-refractivity contribution is 0.322. The van der Waals surface area contributed by atoms with Crippen LogP contribution >= 0.6 is 11.6 Å². The van der Waals surface area contributed by atoms with E-state index < -0.39 is 0 Å². The average molecular weight is 236 g/mol. The zero-order valence-corrected chi connectivity index (χ0v) is 9.39. The van der Waals surface area contributed by atoms with Crippen LogP contribution in [0.15, 0.2) is 35.5 Å². The van der Waals surface area contributed by atoms with Crippen LogP contribution in [0.2, 0.25) is 5.15 Å². The van der Waals surface area contributed by atoms with Crippen molar-refractivity contribution in [2.24, 2.45) is 12.2 Å². The van der Waals surface area contributed by atoms with Gasteiger partial charge in [0.1, 0.15) is 10.8 Å². The lowest BCUT2D eigenvalue weighted by Crippen LogP contribution is -1.89. The second kappa shape index (κ2) is 4.37. The SMILES string of the molecule is Cn1nc(-c2ccccc2)c(/C=N/O)c1Cl. The zero-order chi connectivity index (χ0) is 11.5. The van der Waals surface area contributed by atoms with Crippen LogP contribution in [0.3, 0.4) is 0 Å². The molecule has 0 aliphatic rings. The van der Waals surface area contributed by atoms with Crippen molar-refractivity contribution in [2.75, 3.05) is 0 Å². The smallest absolute Gasteiger partial charge is 0.136 e. The minimum Gasteiger partial charge on any atom is -0.411 e. The van der Waals surface area contributed by atoms with E-state index in [1.165, 1.54) is 6.21 Å². The summed E-state index contributed by atoms with van der Waals surface area (Å²) < 4.78 is 1.54. The first-order valence-corrected chi connectivity index (χ1v) is 5.07. The summed E-state index contributed by atoms with van der Waals surface area (Å²) in [5.74, 6) is 0. The molecule has 0 saturated heterocycles. The molecule has 0 aliphatic carbocycles.